The fraction of sp³-hybridized carbons (Fsp3) is 0.500. The Bertz CT molecular complexity index is 456. The van der Waals surface area contributed by atoms with Crippen LogP contribution in [-0.2, 0) is 0 Å². The Labute approximate surface area is 113 Å². The molecule has 1 aromatic rings. The third kappa shape index (κ3) is 4.89. The van der Waals surface area contributed by atoms with E-state index < -0.39 is 11.6 Å². The fourth-order valence-electron chi connectivity index (χ4n) is 2.01. The standard InChI is InChI=1S/C14H22N2O3/c1-10-5-6-12(11(7-10)13(17)18)15-8-14(2,19)9-16(3)4/h5-7,15,19H,8-9H2,1-4H3,(H,17,18). The van der Waals surface area contributed by atoms with Crippen molar-refractivity contribution in [3.8, 4) is 0 Å². The summed E-state index contributed by atoms with van der Waals surface area (Å²) in [6.07, 6.45) is 0. The highest BCUT2D eigenvalue weighted by Crippen LogP contribution is 2.18. The third-order valence-electron chi connectivity index (χ3n) is 2.72. The minimum atomic E-state index is -0.974. The number of hydrogen-bond donors (Lipinski definition) is 3. The smallest absolute Gasteiger partial charge is 0.337 e. The van der Waals surface area contributed by atoms with Crippen LogP contribution in [0, 0.1) is 6.92 Å². The van der Waals surface area contributed by atoms with Gasteiger partial charge >= 0.3 is 5.97 Å². The summed E-state index contributed by atoms with van der Waals surface area (Å²) in [6.45, 7) is 4.34. The maximum Gasteiger partial charge on any atom is 0.337 e. The zero-order chi connectivity index (χ0) is 14.6. The molecule has 0 aromatic heterocycles. The first-order valence-corrected chi connectivity index (χ1v) is 6.16. The van der Waals surface area contributed by atoms with Crippen LogP contribution in [0.5, 0.6) is 0 Å². The molecule has 0 saturated carbocycles. The second kappa shape index (κ2) is 6.04. The van der Waals surface area contributed by atoms with E-state index in [-0.39, 0.29) is 12.1 Å². The number of nitrogens with one attached hydrogen (secondary N) is 1. The summed E-state index contributed by atoms with van der Waals surface area (Å²) in [7, 11) is 3.76. The van der Waals surface area contributed by atoms with Gasteiger partial charge in [-0.05, 0) is 40.1 Å². The molecule has 1 rings (SSSR count). The maximum atomic E-state index is 11.2. The number of carboxylic acids is 1. The number of aromatic carboxylic acids is 1. The molecule has 0 aliphatic heterocycles. The number of hydrogen-bond acceptors (Lipinski definition) is 4. The number of carboxylic acid groups (broad SMARTS) is 1. The quantitative estimate of drug-likeness (QED) is 0.726. The van der Waals surface area contributed by atoms with Crippen molar-refractivity contribution in [3.63, 3.8) is 0 Å². The van der Waals surface area contributed by atoms with Crippen molar-refractivity contribution in [1.29, 1.82) is 0 Å². The molecule has 5 nitrogen and oxygen atoms in total. The first-order chi connectivity index (χ1) is 8.71. The minimum Gasteiger partial charge on any atom is -0.478 e. The Hall–Kier alpha value is -1.59. The Morgan fingerprint density at radius 2 is 2.05 bits per heavy atom. The van der Waals surface area contributed by atoms with E-state index in [1.807, 2.05) is 32.0 Å². The first-order valence-electron chi connectivity index (χ1n) is 6.16. The van der Waals surface area contributed by atoms with Crippen LogP contribution >= 0.6 is 0 Å². The van der Waals surface area contributed by atoms with Crippen molar-refractivity contribution in [3.05, 3.63) is 29.3 Å². The number of aryl methyl sites for hydroxylation is 1. The molecule has 0 heterocycles. The molecular formula is C14H22N2O3. The molecule has 0 aliphatic rings. The van der Waals surface area contributed by atoms with Gasteiger partial charge < -0.3 is 20.4 Å². The Morgan fingerprint density at radius 3 is 2.58 bits per heavy atom. The van der Waals surface area contributed by atoms with Crippen molar-refractivity contribution in [1.82, 2.24) is 4.90 Å². The van der Waals surface area contributed by atoms with Crippen LogP contribution in [0.3, 0.4) is 0 Å². The predicted molar refractivity (Wildman–Crippen MR) is 75.8 cm³/mol. The van der Waals surface area contributed by atoms with Crippen molar-refractivity contribution < 1.29 is 15.0 Å². The van der Waals surface area contributed by atoms with Crippen LogP contribution in [0.25, 0.3) is 0 Å². The molecule has 0 amide bonds. The van der Waals surface area contributed by atoms with Crippen LogP contribution in [0.15, 0.2) is 18.2 Å². The second-order valence-electron chi connectivity index (χ2n) is 5.44. The monoisotopic (exact) mass is 266 g/mol. The summed E-state index contributed by atoms with van der Waals surface area (Å²) in [5, 5.41) is 22.3. The van der Waals surface area contributed by atoms with E-state index >= 15 is 0 Å². The van der Waals surface area contributed by atoms with Gasteiger partial charge in [0.25, 0.3) is 0 Å². The van der Waals surface area contributed by atoms with Gasteiger partial charge in [-0.1, -0.05) is 11.6 Å². The van der Waals surface area contributed by atoms with E-state index in [1.54, 1.807) is 19.1 Å². The molecule has 5 heteroatoms. The van der Waals surface area contributed by atoms with Gasteiger partial charge in [0, 0.05) is 18.8 Å². The van der Waals surface area contributed by atoms with Crippen LogP contribution < -0.4 is 5.32 Å². The van der Waals surface area contributed by atoms with Gasteiger partial charge in [0.1, 0.15) is 0 Å². The largest absolute Gasteiger partial charge is 0.478 e. The average molecular weight is 266 g/mol. The lowest BCUT2D eigenvalue weighted by Gasteiger charge is -2.27. The highest BCUT2D eigenvalue weighted by atomic mass is 16.4. The van der Waals surface area contributed by atoms with Crippen molar-refractivity contribution >= 4 is 11.7 Å². The number of nitrogens with zero attached hydrogens (tertiary/aromatic N) is 1. The molecule has 0 aliphatic carbocycles. The molecule has 19 heavy (non-hydrogen) atoms. The van der Waals surface area contributed by atoms with Gasteiger partial charge in [0.2, 0.25) is 0 Å². The lowest BCUT2D eigenvalue weighted by Crippen LogP contribution is -2.43. The Balaban J connectivity index is 2.80. The molecule has 0 bridgehead atoms. The summed E-state index contributed by atoms with van der Waals surface area (Å²) in [6, 6.07) is 5.19. The topological polar surface area (TPSA) is 72.8 Å². The minimum absolute atomic E-state index is 0.223. The summed E-state index contributed by atoms with van der Waals surface area (Å²) in [4.78, 5) is 13.0. The third-order valence-corrected chi connectivity index (χ3v) is 2.72. The number of aliphatic hydroxyl groups is 1. The van der Waals surface area contributed by atoms with Gasteiger partial charge in [0.15, 0.2) is 0 Å². The maximum absolute atomic E-state index is 11.2. The first kappa shape index (κ1) is 15.5. The summed E-state index contributed by atoms with van der Waals surface area (Å²) >= 11 is 0. The predicted octanol–water partition coefficient (Wildman–Crippen LogP) is 1.42. The highest BCUT2D eigenvalue weighted by Gasteiger charge is 2.22. The fourth-order valence-corrected chi connectivity index (χ4v) is 2.01. The molecule has 1 aromatic carbocycles. The summed E-state index contributed by atoms with van der Waals surface area (Å²) in [5.41, 5.74) is 0.713. The second-order valence-corrected chi connectivity index (χ2v) is 5.44. The molecule has 3 N–H and O–H groups in total. The average Bonchev–Trinajstić information content (AvgIpc) is 2.25. The van der Waals surface area contributed by atoms with Crippen LogP contribution in [0.2, 0.25) is 0 Å². The number of likely N-dealkylation sites (N-methyl/N-ethyl adjacent to an activating group) is 1. The lowest BCUT2D eigenvalue weighted by molar-refractivity contribution is 0.0458. The Morgan fingerprint density at radius 1 is 1.42 bits per heavy atom. The van der Waals surface area contributed by atoms with E-state index in [0.717, 1.165) is 5.56 Å². The zero-order valence-corrected chi connectivity index (χ0v) is 11.9. The van der Waals surface area contributed by atoms with E-state index in [0.29, 0.717) is 12.2 Å². The number of rotatable bonds is 6. The van der Waals surface area contributed by atoms with E-state index in [1.165, 1.54) is 0 Å². The van der Waals surface area contributed by atoms with Gasteiger partial charge in [-0.2, -0.15) is 0 Å². The summed E-state index contributed by atoms with van der Waals surface area (Å²) in [5.74, 6) is -0.974. The number of benzene rings is 1. The van der Waals surface area contributed by atoms with Gasteiger partial charge in [0.05, 0.1) is 11.2 Å². The molecule has 0 spiro atoms. The molecule has 0 radical (unpaired) electrons. The van der Waals surface area contributed by atoms with E-state index in [2.05, 4.69) is 5.32 Å². The van der Waals surface area contributed by atoms with Gasteiger partial charge in [-0.25, -0.2) is 4.79 Å². The van der Waals surface area contributed by atoms with Gasteiger partial charge in [-0.3, -0.25) is 0 Å². The van der Waals surface area contributed by atoms with Crippen LogP contribution in [0.4, 0.5) is 5.69 Å². The van der Waals surface area contributed by atoms with Crippen molar-refractivity contribution in [2.45, 2.75) is 19.4 Å². The van der Waals surface area contributed by atoms with Crippen molar-refractivity contribution in [2.24, 2.45) is 0 Å². The molecular weight excluding hydrogens is 244 g/mol. The van der Waals surface area contributed by atoms with Crippen LogP contribution in [0.1, 0.15) is 22.8 Å². The zero-order valence-electron chi connectivity index (χ0n) is 11.9. The summed E-state index contributed by atoms with van der Waals surface area (Å²) < 4.78 is 0. The van der Waals surface area contributed by atoms with E-state index in [4.69, 9.17) is 5.11 Å². The molecule has 1 atom stereocenters. The molecule has 0 fully saturated rings. The van der Waals surface area contributed by atoms with Crippen molar-refractivity contribution in [2.75, 3.05) is 32.5 Å². The molecule has 0 saturated heterocycles. The number of carbonyl (C=O) groups is 1. The Kier molecular flexibility index (Phi) is 4.91. The SMILES string of the molecule is Cc1ccc(NCC(C)(O)CN(C)C)c(C(=O)O)c1. The van der Waals surface area contributed by atoms with Crippen LogP contribution in [-0.4, -0.2) is 53.9 Å². The molecule has 1 unspecified atom stereocenters. The normalized spacial score (nSPS) is 14.2. The number of anilines is 1. The van der Waals surface area contributed by atoms with Gasteiger partial charge in [-0.15, -0.1) is 0 Å². The van der Waals surface area contributed by atoms with E-state index in [9.17, 15) is 9.90 Å². The highest BCUT2D eigenvalue weighted by molar-refractivity contribution is 5.94. The molecule has 106 valence electrons. The lowest BCUT2D eigenvalue weighted by atomic mass is 10.1.